The van der Waals surface area contributed by atoms with E-state index in [0.717, 1.165) is 43.2 Å². The number of carbonyl (C=O) groups excluding carboxylic acids is 1. The molecule has 0 spiro atoms. The summed E-state index contributed by atoms with van der Waals surface area (Å²) < 4.78 is 0. The van der Waals surface area contributed by atoms with Gasteiger partial charge in [-0.3, -0.25) is 9.78 Å². The predicted octanol–water partition coefficient (Wildman–Crippen LogP) is 4.91. The maximum atomic E-state index is 13.3. The first-order chi connectivity index (χ1) is 13.1. The Morgan fingerprint density at radius 1 is 1.26 bits per heavy atom. The zero-order valence-electron chi connectivity index (χ0n) is 15.7. The van der Waals surface area contributed by atoms with Crippen molar-refractivity contribution in [2.75, 3.05) is 0 Å². The first kappa shape index (κ1) is 16.7. The van der Waals surface area contributed by atoms with Crippen LogP contribution in [-0.4, -0.2) is 15.9 Å². The molecule has 2 saturated carbocycles. The summed E-state index contributed by atoms with van der Waals surface area (Å²) in [7, 11) is 0. The molecule has 3 aliphatic rings. The molecular formula is C24H25NO2. The third-order valence-electron chi connectivity index (χ3n) is 7.38. The molecule has 3 unspecified atom stereocenters. The highest BCUT2D eigenvalue weighted by atomic mass is 16.3. The number of rotatable bonds is 1. The van der Waals surface area contributed by atoms with Gasteiger partial charge in [-0.15, -0.1) is 0 Å². The van der Waals surface area contributed by atoms with Gasteiger partial charge in [-0.1, -0.05) is 19.1 Å². The zero-order valence-corrected chi connectivity index (χ0v) is 15.7. The number of ketones is 1. The second kappa shape index (κ2) is 6.05. The Bertz CT molecular complexity index is 933. The fraction of sp³-hybridized carbons (Fsp3) is 0.417. The molecule has 1 aromatic heterocycles. The summed E-state index contributed by atoms with van der Waals surface area (Å²) in [5.41, 5.74) is 4.49. The average Bonchev–Trinajstić information content (AvgIpc) is 2.93. The van der Waals surface area contributed by atoms with Gasteiger partial charge in [-0.25, -0.2) is 0 Å². The summed E-state index contributed by atoms with van der Waals surface area (Å²) in [5, 5.41) is 9.83. The Labute approximate surface area is 160 Å². The fourth-order valence-electron chi connectivity index (χ4n) is 6.03. The number of allylic oxidation sites excluding steroid dienone is 1. The van der Waals surface area contributed by atoms with Gasteiger partial charge < -0.3 is 5.11 Å². The number of Topliss-reactive ketones (excluding diaryl/α,β-unsaturated/α-hetero) is 1. The largest absolute Gasteiger partial charge is 0.508 e. The van der Waals surface area contributed by atoms with Crippen LogP contribution < -0.4 is 0 Å². The monoisotopic (exact) mass is 359 g/mol. The van der Waals surface area contributed by atoms with E-state index in [9.17, 15) is 9.90 Å². The Morgan fingerprint density at radius 2 is 2.15 bits per heavy atom. The number of phenolic OH excluding ortho intramolecular Hbond substituents is 1. The van der Waals surface area contributed by atoms with E-state index in [4.69, 9.17) is 0 Å². The van der Waals surface area contributed by atoms with Gasteiger partial charge >= 0.3 is 0 Å². The van der Waals surface area contributed by atoms with Crippen molar-refractivity contribution in [2.45, 2.75) is 44.9 Å². The van der Waals surface area contributed by atoms with Crippen LogP contribution in [0.25, 0.3) is 6.08 Å². The molecule has 4 atom stereocenters. The van der Waals surface area contributed by atoms with E-state index in [2.05, 4.69) is 24.1 Å². The lowest BCUT2D eigenvalue weighted by molar-refractivity contribution is -0.127. The molecule has 2 aromatic rings. The molecule has 0 amide bonds. The molecule has 0 radical (unpaired) electrons. The number of phenols is 1. The highest BCUT2D eigenvalue weighted by molar-refractivity contribution is 6.05. The maximum Gasteiger partial charge on any atom is 0.165 e. The van der Waals surface area contributed by atoms with Crippen molar-refractivity contribution in [3.05, 3.63) is 65.0 Å². The van der Waals surface area contributed by atoms with Crippen LogP contribution >= 0.6 is 0 Å². The van der Waals surface area contributed by atoms with Crippen LogP contribution in [0.2, 0.25) is 0 Å². The predicted molar refractivity (Wildman–Crippen MR) is 105 cm³/mol. The molecule has 0 bridgehead atoms. The lowest BCUT2D eigenvalue weighted by atomic mass is 9.55. The SMILES string of the molecule is C[C@]12CCC3c4ccc(O)cc4CCC3C1CC(=Cc1cccnc1)C2=O. The molecule has 5 rings (SSSR count). The van der Waals surface area contributed by atoms with Crippen molar-refractivity contribution in [3.63, 3.8) is 0 Å². The van der Waals surface area contributed by atoms with Crippen LogP contribution in [-0.2, 0) is 11.2 Å². The van der Waals surface area contributed by atoms with Gasteiger partial charge in [-0.2, -0.15) is 0 Å². The number of fused-ring (bicyclic) bond motifs is 5. The highest BCUT2D eigenvalue weighted by Gasteiger charge is 2.56. The molecule has 2 fully saturated rings. The van der Waals surface area contributed by atoms with E-state index in [1.54, 1.807) is 6.20 Å². The van der Waals surface area contributed by atoms with Crippen LogP contribution in [0.5, 0.6) is 5.75 Å². The van der Waals surface area contributed by atoms with Crippen LogP contribution in [0.4, 0.5) is 0 Å². The Balaban J connectivity index is 1.50. The number of carbonyl (C=O) groups is 1. The number of benzene rings is 1. The second-order valence-corrected chi connectivity index (χ2v) is 8.74. The minimum atomic E-state index is -0.219. The van der Waals surface area contributed by atoms with Crippen molar-refractivity contribution in [1.82, 2.24) is 4.98 Å². The molecule has 0 aliphatic heterocycles. The van der Waals surface area contributed by atoms with Crippen LogP contribution in [0.3, 0.4) is 0 Å². The molecule has 3 heteroatoms. The van der Waals surface area contributed by atoms with E-state index in [1.165, 1.54) is 11.1 Å². The summed E-state index contributed by atoms with van der Waals surface area (Å²) in [5.74, 6) is 2.23. The van der Waals surface area contributed by atoms with Gasteiger partial charge in [0.25, 0.3) is 0 Å². The maximum absolute atomic E-state index is 13.3. The third kappa shape index (κ3) is 2.55. The number of aromatic hydroxyl groups is 1. The molecular weight excluding hydrogens is 334 g/mol. The minimum Gasteiger partial charge on any atom is -0.508 e. The van der Waals surface area contributed by atoms with Crippen LogP contribution in [0.15, 0.2) is 48.3 Å². The minimum absolute atomic E-state index is 0.219. The Morgan fingerprint density at radius 3 is 2.96 bits per heavy atom. The van der Waals surface area contributed by atoms with E-state index in [0.29, 0.717) is 29.3 Å². The highest BCUT2D eigenvalue weighted by Crippen LogP contribution is 2.60. The molecule has 0 saturated heterocycles. The number of hydrogen-bond donors (Lipinski definition) is 1. The standard InChI is InChI=1S/C24H25NO2/c1-24-9-8-20-19-7-5-18(26)12-16(19)4-6-21(20)22(24)13-17(23(24)27)11-15-3-2-10-25-14-15/h2-3,5,7,10-12,14,20-22,26H,4,6,8-9,13H2,1H3/t20?,21?,22?,24-/m0/s1. The third-order valence-corrected chi connectivity index (χ3v) is 7.38. The normalized spacial score (nSPS) is 33.4. The Kier molecular flexibility index (Phi) is 3.75. The van der Waals surface area contributed by atoms with Crippen molar-refractivity contribution >= 4 is 11.9 Å². The van der Waals surface area contributed by atoms with Gasteiger partial charge in [0.05, 0.1) is 0 Å². The van der Waals surface area contributed by atoms with Gasteiger partial charge in [0.2, 0.25) is 0 Å². The lowest BCUT2D eigenvalue weighted by Gasteiger charge is -2.48. The summed E-state index contributed by atoms with van der Waals surface area (Å²) in [6, 6.07) is 9.82. The molecule has 27 heavy (non-hydrogen) atoms. The van der Waals surface area contributed by atoms with Crippen LogP contribution in [0, 0.1) is 17.3 Å². The lowest BCUT2D eigenvalue weighted by Crippen LogP contribution is -2.42. The van der Waals surface area contributed by atoms with Gasteiger partial charge in [-0.05, 0) is 96.4 Å². The average molecular weight is 359 g/mol. The molecule has 1 aromatic carbocycles. The van der Waals surface area contributed by atoms with Crippen molar-refractivity contribution < 1.29 is 9.90 Å². The topological polar surface area (TPSA) is 50.2 Å². The zero-order chi connectivity index (χ0) is 18.6. The van der Waals surface area contributed by atoms with Crippen molar-refractivity contribution in [1.29, 1.82) is 0 Å². The Hall–Kier alpha value is -2.42. The van der Waals surface area contributed by atoms with Gasteiger partial charge in [0, 0.05) is 17.8 Å². The number of aromatic nitrogens is 1. The van der Waals surface area contributed by atoms with Gasteiger partial charge in [0.15, 0.2) is 5.78 Å². The second-order valence-electron chi connectivity index (χ2n) is 8.74. The van der Waals surface area contributed by atoms with E-state index in [-0.39, 0.29) is 5.41 Å². The number of pyridine rings is 1. The summed E-state index contributed by atoms with van der Waals surface area (Å²) in [6.07, 6.45) is 10.7. The molecule has 1 N–H and O–H groups in total. The van der Waals surface area contributed by atoms with E-state index in [1.807, 2.05) is 30.5 Å². The molecule has 3 nitrogen and oxygen atoms in total. The first-order valence-electron chi connectivity index (χ1n) is 10.0. The first-order valence-corrected chi connectivity index (χ1v) is 10.0. The van der Waals surface area contributed by atoms with Crippen molar-refractivity contribution in [2.24, 2.45) is 17.3 Å². The summed E-state index contributed by atoms with van der Waals surface area (Å²) >= 11 is 0. The number of nitrogens with zero attached hydrogens (tertiary/aromatic N) is 1. The molecule has 138 valence electrons. The number of hydrogen-bond acceptors (Lipinski definition) is 3. The summed E-state index contributed by atoms with van der Waals surface area (Å²) in [6.45, 7) is 2.20. The number of aryl methyl sites for hydroxylation is 1. The molecule has 3 aliphatic carbocycles. The van der Waals surface area contributed by atoms with E-state index < -0.39 is 0 Å². The van der Waals surface area contributed by atoms with Gasteiger partial charge in [0.1, 0.15) is 5.75 Å². The van der Waals surface area contributed by atoms with E-state index >= 15 is 0 Å². The van der Waals surface area contributed by atoms with Crippen LogP contribution in [0.1, 0.15) is 55.2 Å². The smallest absolute Gasteiger partial charge is 0.165 e. The van der Waals surface area contributed by atoms with Crippen molar-refractivity contribution in [3.8, 4) is 5.75 Å². The molecule has 1 heterocycles. The summed E-state index contributed by atoms with van der Waals surface area (Å²) in [4.78, 5) is 17.5. The quantitative estimate of drug-likeness (QED) is 0.736. The fourth-order valence-corrected chi connectivity index (χ4v) is 6.03.